The van der Waals surface area contributed by atoms with Gasteiger partial charge in [-0.1, -0.05) is 118 Å². The summed E-state index contributed by atoms with van der Waals surface area (Å²) in [7, 11) is 0. The van der Waals surface area contributed by atoms with Crippen molar-refractivity contribution in [2.24, 2.45) is 28.6 Å². The lowest BCUT2D eigenvalue weighted by Crippen LogP contribution is -2.38. The van der Waals surface area contributed by atoms with Gasteiger partial charge in [-0.05, 0) is 54.3 Å². The van der Waals surface area contributed by atoms with Crippen LogP contribution in [0.15, 0.2) is 0 Å². The van der Waals surface area contributed by atoms with Crippen LogP contribution in [0.3, 0.4) is 0 Å². The molecular formula is C27H52. The summed E-state index contributed by atoms with van der Waals surface area (Å²) in [5.74, 6) is 2.88. The molecule has 0 aromatic carbocycles. The third-order valence-corrected chi connectivity index (χ3v) is 8.24. The van der Waals surface area contributed by atoms with Crippen molar-refractivity contribution in [3.05, 3.63) is 0 Å². The molecule has 3 unspecified atom stereocenters. The predicted octanol–water partition coefficient (Wildman–Crippen LogP) is 9.57. The van der Waals surface area contributed by atoms with Gasteiger partial charge in [0.2, 0.25) is 0 Å². The van der Waals surface area contributed by atoms with E-state index in [2.05, 4.69) is 34.6 Å². The summed E-state index contributed by atoms with van der Waals surface area (Å²) in [6, 6.07) is 0. The van der Waals surface area contributed by atoms with Crippen molar-refractivity contribution < 1.29 is 0 Å². The van der Waals surface area contributed by atoms with Crippen molar-refractivity contribution >= 4 is 0 Å². The van der Waals surface area contributed by atoms with Crippen molar-refractivity contribution in [3.63, 3.8) is 0 Å². The minimum atomic E-state index is 0.531. The summed E-state index contributed by atoms with van der Waals surface area (Å²) >= 11 is 0. The Morgan fingerprint density at radius 3 is 1.89 bits per heavy atom. The molecule has 0 amide bonds. The second-order valence-corrected chi connectivity index (χ2v) is 11.8. The minimum Gasteiger partial charge on any atom is -0.0654 e. The second kappa shape index (κ2) is 11.3. The Bertz CT molecular complexity index is 383. The Kier molecular flexibility index (Phi) is 9.70. The second-order valence-electron chi connectivity index (χ2n) is 11.8. The molecular weight excluding hydrogens is 324 g/mol. The quantitative estimate of drug-likeness (QED) is 0.458. The molecule has 0 aromatic rings. The molecule has 2 saturated carbocycles. The lowest BCUT2D eigenvalue weighted by Gasteiger charge is -2.48. The first-order valence-corrected chi connectivity index (χ1v) is 12.8. The van der Waals surface area contributed by atoms with Crippen molar-refractivity contribution in [1.29, 1.82) is 0 Å². The number of rotatable bonds is 4. The molecule has 160 valence electrons. The fourth-order valence-electron chi connectivity index (χ4n) is 6.84. The van der Waals surface area contributed by atoms with Gasteiger partial charge in [0.15, 0.2) is 0 Å². The van der Waals surface area contributed by atoms with Crippen LogP contribution in [-0.2, 0) is 0 Å². The van der Waals surface area contributed by atoms with E-state index in [0.29, 0.717) is 10.8 Å². The van der Waals surface area contributed by atoms with E-state index in [0.717, 1.165) is 17.8 Å². The zero-order valence-corrected chi connectivity index (χ0v) is 19.8. The molecule has 27 heavy (non-hydrogen) atoms. The average molecular weight is 377 g/mol. The molecule has 0 heteroatoms. The van der Waals surface area contributed by atoms with Crippen LogP contribution in [0, 0.1) is 28.6 Å². The zero-order chi connectivity index (χ0) is 19.8. The van der Waals surface area contributed by atoms with Crippen molar-refractivity contribution in [3.8, 4) is 0 Å². The third kappa shape index (κ3) is 8.10. The van der Waals surface area contributed by atoms with E-state index in [1.165, 1.54) is 109 Å². The van der Waals surface area contributed by atoms with Crippen molar-refractivity contribution in [2.75, 3.05) is 0 Å². The highest BCUT2D eigenvalue weighted by molar-refractivity contribution is 4.92. The molecule has 0 saturated heterocycles. The lowest BCUT2D eigenvalue weighted by atomic mass is 9.57. The topological polar surface area (TPSA) is 0 Å². The van der Waals surface area contributed by atoms with Crippen LogP contribution in [0.1, 0.15) is 144 Å². The van der Waals surface area contributed by atoms with E-state index >= 15 is 0 Å². The molecule has 0 heterocycles. The molecule has 0 aliphatic heterocycles. The van der Waals surface area contributed by atoms with Crippen LogP contribution in [0.2, 0.25) is 0 Å². The largest absolute Gasteiger partial charge is 0.0654 e. The fraction of sp³-hybridized carbons (Fsp3) is 1.00. The van der Waals surface area contributed by atoms with Gasteiger partial charge in [0.05, 0.1) is 0 Å². The van der Waals surface area contributed by atoms with Gasteiger partial charge in [-0.15, -0.1) is 0 Å². The number of hydrogen-bond donors (Lipinski definition) is 0. The molecule has 2 aliphatic carbocycles. The highest BCUT2D eigenvalue weighted by atomic mass is 14.5. The van der Waals surface area contributed by atoms with Crippen LogP contribution in [0.5, 0.6) is 0 Å². The SMILES string of the molecule is CCCC1CC(C)CCC(C)(C)CC1(C)CC1CCCCCCCCCC1. The van der Waals surface area contributed by atoms with Crippen LogP contribution in [0.4, 0.5) is 0 Å². The predicted molar refractivity (Wildman–Crippen MR) is 122 cm³/mol. The zero-order valence-electron chi connectivity index (χ0n) is 19.8. The standard InChI is InChI=1S/C27H52/c1-6-15-25-20-23(2)18-19-26(3,4)22-27(25,5)21-24-16-13-11-9-7-8-10-12-14-17-24/h23-25H,6-22H2,1-5H3. The maximum Gasteiger partial charge on any atom is -0.0290 e. The normalized spacial score (nSPS) is 35.0. The summed E-state index contributed by atoms with van der Waals surface area (Å²) < 4.78 is 0. The maximum absolute atomic E-state index is 2.72. The van der Waals surface area contributed by atoms with Crippen LogP contribution >= 0.6 is 0 Å². The van der Waals surface area contributed by atoms with Gasteiger partial charge in [-0.3, -0.25) is 0 Å². The van der Waals surface area contributed by atoms with Crippen LogP contribution < -0.4 is 0 Å². The Morgan fingerprint density at radius 2 is 1.33 bits per heavy atom. The molecule has 3 atom stereocenters. The molecule has 2 aliphatic rings. The molecule has 2 fully saturated rings. The first kappa shape index (κ1) is 23.3. The summed E-state index contributed by atoms with van der Waals surface area (Å²) in [6.45, 7) is 12.8. The molecule has 0 spiro atoms. The molecule has 0 bridgehead atoms. The average Bonchev–Trinajstić information content (AvgIpc) is 2.65. The minimum absolute atomic E-state index is 0.531. The fourth-order valence-corrected chi connectivity index (χ4v) is 6.84. The van der Waals surface area contributed by atoms with Gasteiger partial charge in [0.1, 0.15) is 0 Å². The monoisotopic (exact) mass is 376 g/mol. The van der Waals surface area contributed by atoms with E-state index in [-0.39, 0.29) is 0 Å². The molecule has 0 N–H and O–H groups in total. The first-order valence-electron chi connectivity index (χ1n) is 12.8. The van der Waals surface area contributed by atoms with Gasteiger partial charge in [0.25, 0.3) is 0 Å². The molecule has 0 radical (unpaired) electrons. The molecule has 0 nitrogen and oxygen atoms in total. The van der Waals surface area contributed by atoms with Gasteiger partial charge in [-0.2, -0.15) is 0 Å². The van der Waals surface area contributed by atoms with E-state index in [4.69, 9.17) is 0 Å². The van der Waals surface area contributed by atoms with E-state index in [1.54, 1.807) is 0 Å². The summed E-state index contributed by atoms with van der Waals surface area (Å²) in [5.41, 5.74) is 1.10. The Balaban J connectivity index is 2.13. The van der Waals surface area contributed by atoms with Gasteiger partial charge >= 0.3 is 0 Å². The van der Waals surface area contributed by atoms with E-state index < -0.39 is 0 Å². The maximum atomic E-state index is 2.72. The van der Waals surface area contributed by atoms with Gasteiger partial charge < -0.3 is 0 Å². The Hall–Kier alpha value is 0. The highest BCUT2D eigenvalue weighted by Crippen LogP contribution is 2.52. The summed E-state index contributed by atoms with van der Waals surface area (Å²) in [6.07, 6.45) is 25.2. The molecule has 2 rings (SSSR count). The molecule has 0 aromatic heterocycles. The van der Waals surface area contributed by atoms with E-state index in [1.807, 2.05) is 0 Å². The van der Waals surface area contributed by atoms with Gasteiger partial charge in [0, 0.05) is 0 Å². The van der Waals surface area contributed by atoms with Crippen LogP contribution in [-0.4, -0.2) is 0 Å². The Labute approximate surface area is 172 Å². The van der Waals surface area contributed by atoms with Crippen LogP contribution in [0.25, 0.3) is 0 Å². The lowest BCUT2D eigenvalue weighted by molar-refractivity contribution is 0.0244. The Morgan fingerprint density at radius 1 is 0.778 bits per heavy atom. The highest BCUT2D eigenvalue weighted by Gasteiger charge is 2.41. The van der Waals surface area contributed by atoms with Crippen molar-refractivity contribution in [2.45, 2.75) is 144 Å². The smallest absolute Gasteiger partial charge is 0.0290 e. The van der Waals surface area contributed by atoms with E-state index in [9.17, 15) is 0 Å². The number of hydrogen-bond acceptors (Lipinski definition) is 0. The van der Waals surface area contributed by atoms with Crippen molar-refractivity contribution in [1.82, 2.24) is 0 Å². The summed E-state index contributed by atoms with van der Waals surface area (Å²) in [4.78, 5) is 0. The first-order chi connectivity index (χ1) is 12.8. The summed E-state index contributed by atoms with van der Waals surface area (Å²) in [5, 5.41) is 0. The third-order valence-electron chi connectivity index (χ3n) is 8.24. The van der Waals surface area contributed by atoms with Gasteiger partial charge in [-0.25, -0.2) is 0 Å².